The summed E-state index contributed by atoms with van der Waals surface area (Å²) in [5.41, 5.74) is 2.80. The number of rotatable bonds is 4. The number of aryl methyl sites for hydroxylation is 1. The number of furan rings is 1. The quantitative estimate of drug-likeness (QED) is 0.912. The minimum absolute atomic E-state index is 0.215. The number of ether oxygens (including phenoxy) is 1. The molecule has 1 aromatic carbocycles. The van der Waals surface area contributed by atoms with E-state index in [1.165, 1.54) is 17.5 Å². The predicted molar refractivity (Wildman–Crippen MR) is 78.9 cm³/mol. The lowest BCUT2D eigenvalue weighted by atomic mass is 9.87. The summed E-state index contributed by atoms with van der Waals surface area (Å²) in [5.74, 6) is 1.92. The van der Waals surface area contributed by atoms with Gasteiger partial charge in [0.15, 0.2) is 0 Å². The van der Waals surface area contributed by atoms with Crippen molar-refractivity contribution in [2.45, 2.75) is 38.3 Å². The van der Waals surface area contributed by atoms with Crippen LogP contribution in [-0.2, 0) is 6.42 Å². The molecule has 1 heterocycles. The molecule has 1 aromatic heterocycles. The first-order valence-corrected chi connectivity index (χ1v) is 7.24. The van der Waals surface area contributed by atoms with Gasteiger partial charge in [0.25, 0.3) is 0 Å². The van der Waals surface area contributed by atoms with Crippen molar-refractivity contribution < 1.29 is 9.15 Å². The third kappa shape index (κ3) is 2.59. The van der Waals surface area contributed by atoms with E-state index in [0.29, 0.717) is 6.04 Å². The number of benzene rings is 1. The zero-order chi connectivity index (χ0) is 13.9. The van der Waals surface area contributed by atoms with Crippen LogP contribution >= 0.6 is 0 Å². The summed E-state index contributed by atoms with van der Waals surface area (Å²) < 4.78 is 10.8. The average Bonchev–Trinajstić information content (AvgIpc) is 3.01. The maximum Gasteiger partial charge on any atom is 0.120 e. The van der Waals surface area contributed by atoms with Crippen LogP contribution in [0, 0.1) is 0 Å². The third-order valence-corrected chi connectivity index (χ3v) is 4.09. The summed E-state index contributed by atoms with van der Waals surface area (Å²) >= 11 is 0. The van der Waals surface area contributed by atoms with Crippen molar-refractivity contribution in [3.63, 3.8) is 0 Å². The molecule has 1 aliphatic carbocycles. The van der Waals surface area contributed by atoms with Crippen LogP contribution in [0.1, 0.15) is 48.7 Å². The van der Waals surface area contributed by atoms with E-state index in [9.17, 15) is 0 Å². The van der Waals surface area contributed by atoms with Gasteiger partial charge in [-0.1, -0.05) is 6.07 Å². The van der Waals surface area contributed by atoms with Crippen LogP contribution in [0.5, 0.6) is 5.75 Å². The van der Waals surface area contributed by atoms with E-state index >= 15 is 0 Å². The van der Waals surface area contributed by atoms with Crippen molar-refractivity contribution >= 4 is 0 Å². The Morgan fingerprint density at radius 3 is 3.00 bits per heavy atom. The van der Waals surface area contributed by atoms with E-state index in [2.05, 4.69) is 30.4 Å². The monoisotopic (exact) mass is 271 g/mol. The Labute approximate surface area is 119 Å². The highest BCUT2D eigenvalue weighted by molar-refractivity contribution is 5.39. The molecule has 20 heavy (non-hydrogen) atoms. The molecule has 0 fully saturated rings. The molecule has 106 valence electrons. The van der Waals surface area contributed by atoms with Gasteiger partial charge in [-0.05, 0) is 61.6 Å². The van der Waals surface area contributed by atoms with E-state index < -0.39 is 0 Å². The van der Waals surface area contributed by atoms with Gasteiger partial charge in [-0.3, -0.25) is 0 Å². The van der Waals surface area contributed by atoms with Gasteiger partial charge in [0.2, 0.25) is 0 Å². The van der Waals surface area contributed by atoms with Crippen LogP contribution in [0.2, 0.25) is 0 Å². The molecule has 0 saturated heterocycles. The standard InChI is InChI=1S/C17H21NO2/c1-12(17-7-4-10-20-17)18-16-6-3-5-13-8-9-14(19-2)11-15(13)16/h4,7-12,16,18H,3,5-6H2,1-2H3/t12-,16?/m1/s1. The average molecular weight is 271 g/mol. The van der Waals surface area contributed by atoms with E-state index in [1.54, 1.807) is 13.4 Å². The van der Waals surface area contributed by atoms with E-state index in [4.69, 9.17) is 9.15 Å². The van der Waals surface area contributed by atoms with Crippen LogP contribution in [0.15, 0.2) is 41.0 Å². The molecule has 0 spiro atoms. The van der Waals surface area contributed by atoms with Crippen molar-refractivity contribution in [1.29, 1.82) is 0 Å². The Bertz CT molecular complexity index is 562. The molecule has 2 aromatic rings. The molecule has 1 N–H and O–H groups in total. The Kier molecular flexibility index (Phi) is 3.79. The number of fused-ring (bicyclic) bond motifs is 1. The zero-order valence-electron chi connectivity index (χ0n) is 12.1. The maximum atomic E-state index is 5.48. The number of hydrogen-bond acceptors (Lipinski definition) is 3. The smallest absolute Gasteiger partial charge is 0.120 e. The fourth-order valence-electron chi connectivity index (χ4n) is 3.00. The molecule has 0 bridgehead atoms. The van der Waals surface area contributed by atoms with Crippen molar-refractivity contribution in [2.24, 2.45) is 0 Å². The summed E-state index contributed by atoms with van der Waals surface area (Å²) in [6, 6.07) is 11.0. The van der Waals surface area contributed by atoms with Gasteiger partial charge >= 0.3 is 0 Å². The van der Waals surface area contributed by atoms with Gasteiger partial charge in [0.1, 0.15) is 11.5 Å². The third-order valence-electron chi connectivity index (χ3n) is 4.09. The normalized spacial score (nSPS) is 19.4. The van der Waals surface area contributed by atoms with Crippen LogP contribution in [-0.4, -0.2) is 7.11 Å². The van der Waals surface area contributed by atoms with E-state index in [1.807, 2.05) is 12.1 Å². The molecule has 0 radical (unpaired) electrons. The minimum Gasteiger partial charge on any atom is -0.497 e. The van der Waals surface area contributed by atoms with Gasteiger partial charge < -0.3 is 14.5 Å². The first kappa shape index (κ1) is 13.3. The first-order valence-electron chi connectivity index (χ1n) is 7.24. The van der Waals surface area contributed by atoms with Crippen LogP contribution in [0.4, 0.5) is 0 Å². The molecule has 1 aliphatic rings. The molecule has 3 nitrogen and oxygen atoms in total. The molecule has 3 heteroatoms. The van der Waals surface area contributed by atoms with Gasteiger partial charge in [-0.15, -0.1) is 0 Å². The highest BCUT2D eigenvalue weighted by atomic mass is 16.5. The molecular formula is C17H21NO2. The van der Waals surface area contributed by atoms with Gasteiger partial charge in [-0.25, -0.2) is 0 Å². The summed E-state index contributed by atoms with van der Waals surface area (Å²) in [6.45, 7) is 2.15. The minimum atomic E-state index is 0.215. The highest BCUT2D eigenvalue weighted by Crippen LogP contribution is 2.34. The lowest BCUT2D eigenvalue weighted by Gasteiger charge is -2.29. The van der Waals surface area contributed by atoms with Crippen molar-refractivity contribution in [3.05, 3.63) is 53.5 Å². The second-order valence-electron chi connectivity index (χ2n) is 5.41. The zero-order valence-corrected chi connectivity index (χ0v) is 12.1. The Balaban J connectivity index is 1.82. The molecule has 1 unspecified atom stereocenters. The summed E-state index contributed by atoms with van der Waals surface area (Å²) in [6.07, 6.45) is 5.27. The van der Waals surface area contributed by atoms with Gasteiger partial charge in [-0.2, -0.15) is 0 Å². The molecule has 2 atom stereocenters. The molecular weight excluding hydrogens is 250 g/mol. The molecule has 0 aliphatic heterocycles. The fourth-order valence-corrected chi connectivity index (χ4v) is 3.00. The topological polar surface area (TPSA) is 34.4 Å². The van der Waals surface area contributed by atoms with Crippen LogP contribution in [0.3, 0.4) is 0 Å². The van der Waals surface area contributed by atoms with Crippen LogP contribution in [0.25, 0.3) is 0 Å². The SMILES string of the molecule is COc1ccc2c(c1)C(N[C@H](C)c1ccco1)CCC2. The molecule has 3 rings (SSSR count). The maximum absolute atomic E-state index is 5.48. The second kappa shape index (κ2) is 5.71. The highest BCUT2D eigenvalue weighted by Gasteiger charge is 2.23. The summed E-state index contributed by atoms with van der Waals surface area (Å²) in [5, 5.41) is 3.68. The van der Waals surface area contributed by atoms with Crippen molar-refractivity contribution in [1.82, 2.24) is 5.32 Å². The molecule has 0 amide bonds. The summed E-state index contributed by atoms with van der Waals surface area (Å²) in [7, 11) is 1.72. The first-order chi connectivity index (χ1) is 9.78. The lowest BCUT2D eigenvalue weighted by molar-refractivity contribution is 0.364. The van der Waals surface area contributed by atoms with Gasteiger partial charge in [0, 0.05) is 6.04 Å². The van der Waals surface area contributed by atoms with E-state index in [-0.39, 0.29) is 6.04 Å². The Hall–Kier alpha value is -1.74. The number of nitrogens with one attached hydrogen (secondary N) is 1. The van der Waals surface area contributed by atoms with E-state index in [0.717, 1.165) is 24.4 Å². The number of hydrogen-bond donors (Lipinski definition) is 1. The predicted octanol–water partition coefficient (Wildman–Crippen LogP) is 4.02. The lowest BCUT2D eigenvalue weighted by Crippen LogP contribution is -2.27. The summed E-state index contributed by atoms with van der Waals surface area (Å²) in [4.78, 5) is 0. The Morgan fingerprint density at radius 1 is 1.35 bits per heavy atom. The van der Waals surface area contributed by atoms with Gasteiger partial charge in [0.05, 0.1) is 19.4 Å². The van der Waals surface area contributed by atoms with Crippen molar-refractivity contribution in [2.75, 3.05) is 7.11 Å². The number of methoxy groups -OCH3 is 1. The second-order valence-corrected chi connectivity index (χ2v) is 5.41. The largest absolute Gasteiger partial charge is 0.497 e. The molecule has 0 saturated carbocycles. The fraction of sp³-hybridized carbons (Fsp3) is 0.412. The van der Waals surface area contributed by atoms with Crippen LogP contribution < -0.4 is 10.1 Å². The van der Waals surface area contributed by atoms with Crippen molar-refractivity contribution in [3.8, 4) is 5.75 Å². The Morgan fingerprint density at radius 2 is 2.25 bits per heavy atom.